The molecule has 2 aromatic carbocycles. The van der Waals surface area contributed by atoms with E-state index in [0.717, 1.165) is 41.5 Å². The number of amides is 2. The maximum absolute atomic E-state index is 12.1. The molecule has 1 aliphatic rings. The summed E-state index contributed by atoms with van der Waals surface area (Å²) in [6, 6.07) is 13.0. The van der Waals surface area contributed by atoms with Gasteiger partial charge in [-0.15, -0.1) is 0 Å². The van der Waals surface area contributed by atoms with E-state index >= 15 is 0 Å². The molecule has 4 rings (SSSR count). The molecule has 8 nitrogen and oxygen atoms in total. The Morgan fingerprint density at radius 1 is 1.00 bits per heavy atom. The summed E-state index contributed by atoms with van der Waals surface area (Å²) in [6.45, 7) is 4.86. The molecule has 182 valence electrons. The number of aromatic nitrogens is 2. The number of thioether (sulfide) groups is 1. The summed E-state index contributed by atoms with van der Waals surface area (Å²) in [5.74, 6) is 2.37. The van der Waals surface area contributed by atoms with Crippen molar-refractivity contribution in [1.29, 1.82) is 0 Å². The first kappa shape index (κ1) is 24.5. The number of carbonyl (C=O) groups is 2. The zero-order chi connectivity index (χ0) is 24.7. The lowest BCUT2D eigenvalue weighted by Gasteiger charge is -2.19. The van der Waals surface area contributed by atoms with Gasteiger partial charge in [0.1, 0.15) is 22.0 Å². The first-order chi connectivity index (χ1) is 17.0. The summed E-state index contributed by atoms with van der Waals surface area (Å²) >= 11 is 0.992. The second-order valence-corrected chi connectivity index (χ2v) is 9.51. The fourth-order valence-corrected chi connectivity index (χ4v) is 4.56. The predicted octanol–water partition coefficient (Wildman–Crippen LogP) is 5.27. The molecular weight excluding hydrogens is 466 g/mol. The number of nitrogens with zero attached hydrogens (tertiary/aromatic N) is 2. The fraction of sp³-hybridized carbons (Fsp3) is 0.308. The smallest absolute Gasteiger partial charge is 0.287 e. The summed E-state index contributed by atoms with van der Waals surface area (Å²) in [7, 11) is 0. The van der Waals surface area contributed by atoms with Crippen molar-refractivity contribution in [1.82, 2.24) is 15.3 Å². The average Bonchev–Trinajstić information content (AvgIpc) is 3.13. The van der Waals surface area contributed by atoms with E-state index in [-0.39, 0.29) is 11.1 Å². The van der Waals surface area contributed by atoms with Gasteiger partial charge in [0.2, 0.25) is 11.8 Å². The van der Waals surface area contributed by atoms with Crippen LogP contribution in [0.15, 0.2) is 61.1 Å². The van der Waals surface area contributed by atoms with E-state index in [4.69, 9.17) is 14.2 Å². The number of ether oxygens (including phenoxy) is 3. The van der Waals surface area contributed by atoms with Crippen molar-refractivity contribution >= 4 is 22.9 Å². The van der Waals surface area contributed by atoms with Gasteiger partial charge in [-0.2, -0.15) is 0 Å². The van der Waals surface area contributed by atoms with Gasteiger partial charge in [0, 0.05) is 18.8 Å². The Morgan fingerprint density at radius 2 is 1.77 bits per heavy atom. The molecule has 1 fully saturated rings. The number of benzene rings is 2. The van der Waals surface area contributed by atoms with Crippen LogP contribution in [0.25, 0.3) is 0 Å². The quantitative estimate of drug-likeness (QED) is 0.361. The van der Waals surface area contributed by atoms with Gasteiger partial charge in [-0.25, -0.2) is 4.98 Å². The maximum atomic E-state index is 12.1. The molecule has 1 N–H and O–H groups in total. The molecule has 1 aromatic heterocycles. The van der Waals surface area contributed by atoms with Gasteiger partial charge in [0.05, 0.1) is 19.4 Å². The lowest BCUT2D eigenvalue weighted by Crippen LogP contribution is -2.31. The van der Waals surface area contributed by atoms with Gasteiger partial charge in [0.25, 0.3) is 5.24 Å². The molecule has 2 heterocycles. The van der Waals surface area contributed by atoms with Crippen LogP contribution in [-0.4, -0.2) is 34.3 Å². The average molecular weight is 494 g/mol. The largest absolute Gasteiger partial charge is 0.493 e. The minimum absolute atomic E-state index is 0.297. The van der Waals surface area contributed by atoms with E-state index in [9.17, 15) is 9.59 Å². The Kier molecular flexibility index (Phi) is 7.87. The minimum atomic E-state index is -0.908. The standard InChI is InChI=1S/C26H27N3O5S/c1-3-5-18-16-21(34-23-17-27-12-13-28-23)10-11-22(18)33-15-4-14-32-20-8-6-19(7-9-20)26(2)24(30)29-25(31)35-26/h6-13,16-17H,3-5,14-15H2,1-2H3,(H,29,30,31). The fourth-order valence-electron chi connectivity index (χ4n) is 3.64. The Hall–Kier alpha value is -3.59. The monoisotopic (exact) mass is 493 g/mol. The maximum Gasteiger partial charge on any atom is 0.287 e. The van der Waals surface area contributed by atoms with Crippen LogP contribution in [0.5, 0.6) is 23.1 Å². The molecule has 0 aliphatic carbocycles. The summed E-state index contributed by atoms with van der Waals surface area (Å²) in [4.78, 5) is 31.8. The van der Waals surface area contributed by atoms with Crippen LogP contribution >= 0.6 is 11.8 Å². The second-order valence-electron chi connectivity index (χ2n) is 8.12. The lowest BCUT2D eigenvalue weighted by molar-refractivity contribution is -0.121. The molecular formula is C26H27N3O5S. The van der Waals surface area contributed by atoms with E-state index in [1.165, 1.54) is 0 Å². The molecule has 0 bridgehead atoms. The van der Waals surface area contributed by atoms with Crippen molar-refractivity contribution < 1.29 is 23.8 Å². The first-order valence-electron chi connectivity index (χ1n) is 11.5. The highest BCUT2D eigenvalue weighted by atomic mass is 32.2. The predicted molar refractivity (Wildman–Crippen MR) is 133 cm³/mol. The normalized spacial score (nSPS) is 17.2. The van der Waals surface area contributed by atoms with Crippen molar-refractivity contribution in [3.8, 4) is 23.1 Å². The van der Waals surface area contributed by atoms with Crippen molar-refractivity contribution in [2.45, 2.75) is 37.9 Å². The lowest BCUT2D eigenvalue weighted by atomic mass is 9.99. The minimum Gasteiger partial charge on any atom is -0.493 e. The number of hydrogen-bond donors (Lipinski definition) is 1. The summed E-state index contributed by atoms with van der Waals surface area (Å²) in [6.07, 6.45) is 7.32. The number of hydrogen-bond acceptors (Lipinski definition) is 8. The summed E-state index contributed by atoms with van der Waals surface area (Å²) in [5.41, 5.74) is 1.84. The van der Waals surface area contributed by atoms with Crippen molar-refractivity contribution in [3.05, 3.63) is 72.2 Å². The molecule has 1 unspecified atom stereocenters. The molecule has 2 amide bonds. The van der Waals surface area contributed by atoms with Crippen molar-refractivity contribution in [3.63, 3.8) is 0 Å². The SMILES string of the molecule is CCCc1cc(Oc2cnccn2)ccc1OCCCOc1ccc(C2(C)SC(=O)NC2=O)cc1. The van der Waals surface area contributed by atoms with Gasteiger partial charge < -0.3 is 14.2 Å². The number of carbonyl (C=O) groups excluding carboxylic acids is 2. The third-order valence-electron chi connectivity index (χ3n) is 5.48. The molecule has 0 spiro atoms. The molecule has 1 aliphatic heterocycles. The van der Waals surface area contributed by atoms with Crippen LogP contribution in [-0.2, 0) is 16.0 Å². The number of rotatable bonds is 11. The molecule has 1 atom stereocenters. The number of imide groups is 1. The number of aryl methyl sites for hydroxylation is 1. The topological polar surface area (TPSA) is 99.6 Å². The van der Waals surface area contributed by atoms with Gasteiger partial charge in [-0.1, -0.05) is 25.5 Å². The zero-order valence-electron chi connectivity index (χ0n) is 19.7. The third-order valence-corrected chi connectivity index (χ3v) is 6.60. The van der Waals surface area contributed by atoms with E-state index in [1.54, 1.807) is 25.5 Å². The molecule has 35 heavy (non-hydrogen) atoms. The van der Waals surface area contributed by atoms with Crippen LogP contribution in [0.1, 0.15) is 37.8 Å². The van der Waals surface area contributed by atoms with E-state index in [2.05, 4.69) is 22.2 Å². The van der Waals surface area contributed by atoms with Crippen LogP contribution in [0, 0.1) is 0 Å². The second kappa shape index (κ2) is 11.2. The summed E-state index contributed by atoms with van der Waals surface area (Å²) in [5, 5.41) is 2.01. The van der Waals surface area contributed by atoms with Crippen LogP contribution in [0.4, 0.5) is 4.79 Å². The molecule has 3 aromatic rings. The highest BCUT2D eigenvalue weighted by Crippen LogP contribution is 2.41. The van der Waals surface area contributed by atoms with E-state index < -0.39 is 4.75 Å². The van der Waals surface area contributed by atoms with Gasteiger partial charge >= 0.3 is 0 Å². The molecule has 1 saturated heterocycles. The number of nitrogens with one attached hydrogen (secondary N) is 1. The van der Waals surface area contributed by atoms with E-state index in [1.807, 2.05) is 42.5 Å². The molecule has 0 saturated carbocycles. The van der Waals surface area contributed by atoms with Crippen molar-refractivity contribution in [2.24, 2.45) is 0 Å². The highest BCUT2D eigenvalue weighted by Gasteiger charge is 2.45. The third kappa shape index (κ3) is 6.10. The van der Waals surface area contributed by atoms with Crippen LogP contribution < -0.4 is 19.5 Å². The van der Waals surface area contributed by atoms with Crippen molar-refractivity contribution in [2.75, 3.05) is 13.2 Å². The Balaban J connectivity index is 1.26. The Bertz CT molecular complexity index is 1170. The molecule has 0 radical (unpaired) electrons. The van der Waals surface area contributed by atoms with E-state index in [0.29, 0.717) is 37.0 Å². The van der Waals surface area contributed by atoms with Gasteiger partial charge in [0.15, 0.2) is 0 Å². The summed E-state index contributed by atoms with van der Waals surface area (Å²) < 4.78 is 16.7. The first-order valence-corrected chi connectivity index (χ1v) is 12.3. The zero-order valence-corrected chi connectivity index (χ0v) is 20.5. The van der Waals surface area contributed by atoms with Crippen LogP contribution in [0.3, 0.4) is 0 Å². The Morgan fingerprint density at radius 3 is 2.46 bits per heavy atom. The Labute approximate surface area is 208 Å². The van der Waals surface area contributed by atoms with Gasteiger partial charge in [-0.05, 0) is 66.6 Å². The van der Waals surface area contributed by atoms with Gasteiger partial charge in [-0.3, -0.25) is 19.9 Å². The highest BCUT2D eigenvalue weighted by molar-refractivity contribution is 8.15. The molecule has 9 heteroatoms. The van der Waals surface area contributed by atoms with Crippen LogP contribution in [0.2, 0.25) is 0 Å².